The van der Waals surface area contributed by atoms with Crippen molar-refractivity contribution in [3.05, 3.63) is 29.8 Å². The van der Waals surface area contributed by atoms with Gasteiger partial charge in [-0.25, -0.2) is 4.79 Å². The summed E-state index contributed by atoms with van der Waals surface area (Å²) < 4.78 is 10.2. The summed E-state index contributed by atoms with van der Waals surface area (Å²) in [5.74, 6) is 0.349. The predicted octanol–water partition coefficient (Wildman–Crippen LogP) is 2.36. The zero-order chi connectivity index (χ0) is 18.2. The number of esters is 1. The summed E-state index contributed by atoms with van der Waals surface area (Å²) in [6, 6.07) is 6.72. The molecule has 1 aromatic rings. The van der Waals surface area contributed by atoms with E-state index in [1.807, 2.05) is 0 Å². The van der Waals surface area contributed by atoms with Crippen LogP contribution in [0, 0.1) is 11.8 Å². The molecule has 3 atom stereocenters. The van der Waals surface area contributed by atoms with Crippen LogP contribution in [0.2, 0.25) is 0 Å². The van der Waals surface area contributed by atoms with Crippen LogP contribution in [0.1, 0.15) is 43.5 Å². The van der Waals surface area contributed by atoms with Crippen molar-refractivity contribution < 1.29 is 23.9 Å². The second-order valence-electron chi connectivity index (χ2n) is 6.55. The van der Waals surface area contributed by atoms with Crippen LogP contribution in [0.4, 0.5) is 0 Å². The summed E-state index contributed by atoms with van der Waals surface area (Å²) in [5, 5.41) is 2.94. The summed E-state index contributed by atoms with van der Waals surface area (Å²) in [4.78, 5) is 34.6. The first-order valence-electron chi connectivity index (χ1n) is 8.63. The van der Waals surface area contributed by atoms with E-state index >= 15 is 0 Å². The molecule has 2 rings (SSSR count). The molecule has 1 aromatic carbocycles. The molecule has 1 amide bonds. The van der Waals surface area contributed by atoms with E-state index in [9.17, 15) is 14.4 Å². The van der Waals surface area contributed by atoms with Gasteiger partial charge in [0.15, 0.2) is 19.5 Å². The highest BCUT2D eigenvalue weighted by atomic mass is 16.6. The number of ether oxygens (including phenoxy) is 2. The van der Waals surface area contributed by atoms with Crippen LogP contribution < -0.4 is 10.1 Å². The molecule has 0 bridgehead atoms. The Bertz CT molecular complexity index is 616. The fraction of sp³-hybridized carbons (Fsp3) is 0.526. The average Bonchev–Trinajstić information content (AvgIpc) is 2.62. The molecule has 136 valence electrons. The van der Waals surface area contributed by atoms with E-state index in [1.54, 1.807) is 24.3 Å². The molecule has 3 unspecified atom stereocenters. The number of carbonyl (C=O) groups excluding carboxylic acids is 3. The lowest BCUT2D eigenvalue weighted by Crippen LogP contribution is -2.45. The Hall–Kier alpha value is -2.37. The smallest absolute Gasteiger partial charge is 0.344 e. The third-order valence-electron chi connectivity index (χ3n) is 4.81. The van der Waals surface area contributed by atoms with Crippen molar-refractivity contribution in [1.29, 1.82) is 0 Å². The zero-order valence-electron chi connectivity index (χ0n) is 14.7. The maximum Gasteiger partial charge on any atom is 0.344 e. The lowest BCUT2D eigenvalue weighted by molar-refractivity contribution is -0.150. The summed E-state index contributed by atoms with van der Waals surface area (Å²) in [7, 11) is 0. The van der Waals surface area contributed by atoms with Crippen molar-refractivity contribution in [1.82, 2.24) is 5.32 Å². The molecule has 6 nitrogen and oxygen atoms in total. The third kappa shape index (κ3) is 5.59. The Morgan fingerprint density at radius 2 is 1.96 bits per heavy atom. The van der Waals surface area contributed by atoms with Crippen molar-refractivity contribution in [3.63, 3.8) is 0 Å². The molecule has 1 saturated carbocycles. The van der Waals surface area contributed by atoms with Gasteiger partial charge in [0.05, 0.1) is 5.56 Å². The van der Waals surface area contributed by atoms with Crippen LogP contribution >= 0.6 is 0 Å². The molecule has 1 aliphatic carbocycles. The number of aldehydes is 1. The van der Waals surface area contributed by atoms with Crippen molar-refractivity contribution in [2.45, 2.75) is 39.2 Å². The lowest BCUT2D eigenvalue weighted by Gasteiger charge is -2.34. The van der Waals surface area contributed by atoms with Crippen molar-refractivity contribution in [2.24, 2.45) is 11.8 Å². The molecule has 6 heteroatoms. The van der Waals surface area contributed by atoms with Gasteiger partial charge in [-0.2, -0.15) is 0 Å². The van der Waals surface area contributed by atoms with Crippen LogP contribution in [0.25, 0.3) is 0 Å². The first-order chi connectivity index (χ1) is 12.0. The number of hydrogen-bond donors (Lipinski definition) is 1. The number of para-hydroxylation sites is 1. The Kier molecular flexibility index (Phi) is 6.98. The van der Waals surface area contributed by atoms with E-state index in [0.717, 1.165) is 12.8 Å². The monoisotopic (exact) mass is 347 g/mol. The molecule has 0 heterocycles. The highest BCUT2D eigenvalue weighted by molar-refractivity contribution is 5.82. The van der Waals surface area contributed by atoms with Gasteiger partial charge in [-0.05, 0) is 30.4 Å². The normalized spacial score (nSPS) is 22.7. The van der Waals surface area contributed by atoms with Crippen LogP contribution in [0.5, 0.6) is 5.75 Å². The zero-order valence-corrected chi connectivity index (χ0v) is 14.7. The summed E-state index contributed by atoms with van der Waals surface area (Å²) in [6.45, 7) is 3.65. The molecule has 1 aliphatic rings. The number of amides is 1. The topological polar surface area (TPSA) is 81.7 Å². The van der Waals surface area contributed by atoms with E-state index in [0.29, 0.717) is 29.4 Å². The molecule has 0 aliphatic heterocycles. The summed E-state index contributed by atoms with van der Waals surface area (Å²) in [5.41, 5.74) is 0.355. The van der Waals surface area contributed by atoms with Crippen LogP contribution in [-0.4, -0.2) is 37.4 Å². The van der Waals surface area contributed by atoms with Crippen molar-refractivity contribution >= 4 is 18.2 Å². The van der Waals surface area contributed by atoms with Crippen LogP contribution in [0.3, 0.4) is 0 Å². The standard InChI is InChI=1S/C19H25NO5/c1-13-6-5-8-16(14(13)2)20-18(22)11-25-19(23)12-24-17-9-4-3-7-15(17)10-21/h3-4,7,9-10,13-14,16H,5-6,8,11-12H2,1-2H3,(H,20,22). The summed E-state index contributed by atoms with van der Waals surface area (Å²) >= 11 is 0. The van der Waals surface area contributed by atoms with Crippen LogP contribution in [0.15, 0.2) is 24.3 Å². The minimum absolute atomic E-state index is 0.130. The van der Waals surface area contributed by atoms with E-state index in [2.05, 4.69) is 19.2 Å². The van der Waals surface area contributed by atoms with Crippen molar-refractivity contribution in [3.8, 4) is 5.75 Å². The maximum absolute atomic E-state index is 12.0. The first-order valence-corrected chi connectivity index (χ1v) is 8.63. The molecule has 0 saturated heterocycles. The molecule has 25 heavy (non-hydrogen) atoms. The van der Waals surface area contributed by atoms with Gasteiger partial charge in [0, 0.05) is 6.04 Å². The fourth-order valence-electron chi connectivity index (χ4n) is 3.07. The number of carbonyl (C=O) groups is 3. The Morgan fingerprint density at radius 1 is 1.20 bits per heavy atom. The van der Waals surface area contributed by atoms with Gasteiger partial charge in [0.1, 0.15) is 5.75 Å². The molecule has 1 fully saturated rings. The number of hydrogen-bond acceptors (Lipinski definition) is 5. The number of benzene rings is 1. The predicted molar refractivity (Wildman–Crippen MR) is 92.4 cm³/mol. The Labute approximate surface area is 147 Å². The molecule has 0 radical (unpaired) electrons. The van der Waals surface area contributed by atoms with Crippen molar-refractivity contribution in [2.75, 3.05) is 13.2 Å². The average molecular weight is 347 g/mol. The minimum Gasteiger partial charge on any atom is -0.481 e. The van der Waals surface area contributed by atoms with Gasteiger partial charge in [-0.1, -0.05) is 38.8 Å². The Morgan fingerprint density at radius 3 is 2.72 bits per heavy atom. The second kappa shape index (κ2) is 9.20. The fourth-order valence-corrected chi connectivity index (χ4v) is 3.07. The largest absolute Gasteiger partial charge is 0.481 e. The van der Waals surface area contributed by atoms with Gasteiger partial charge in [-0.15, -0.1) is 0 Å². The second-order valence-corrected chi connectivity index (χ2v) is 6.55. The van der Waals surface area contributed by atoms with E-state index in [-0.39, 0.29) is 25.2 Å². The maximum atomic E-state index is 12.0. The van der Waals surface area contributed by atoms with E-state index < -0.39 is 5.97 Å². The van der Waals surface area contributed by atoms with Gasteiger partial charge in [0.2, 0.25) is 0 Å². The quantitative estimate of drug-likeness (QED) is 0.605. The lowest BCUT2D eigenvalue weighted by atomic mass is 9.78. The SMILES string of the molecule is CC1CCCC(NC(=O)COC(=O)COc2ccccc2C=O)C1C. The van der Waals surface area contributed by atoms with Gasteiger partial charge in [0.25, 0.3) is 5.91 Å². The number of rotatable bonds is 7. The van der Waals surface area contributed by atoms with Gasteiger partial charge >= 0.3 is 5.97 Å². The van der Waals surface area contributed by atoms with Gasteiger partial charge < -0.3 is 14.8 Å². The van der Waals surface area contributed by atoms with Gasteiger partial charge in [-0.3, -0.25) is 9.59 Å². The summed E-state index contributed by atoms with van der Waals surface area (Å²) in [6.07, 6.45) is 3.89. The van der Waals surface area contributed by atoms with E-state index in [1.165, 1.54) is 6.42 Å². The molecule has 1 N–H and O–H groups in total. The molecular formula is C19H25NO5. The minimum atomic E-state index is -0.652. The highest BCUT2D eigenvalue weighted by Crippen LogP contribution is 2.29. The molecule has 0 spiro atoms. The number of nitrogens with one attached hydrogen (secondary N) is 1. The van der Waals surface area contributed by atoms with E-state index in [4.69, 9.17) is 9.47 Å². The highest BCUT2D eigenvalue weighted by Gasteiger charge is 2.28. The van der Waals surface area contributed by atoms with Crippen LogP contribution in [-0.2, 0) is 14.3 Å². The Balaban J connectivity index is 1.72. The molecule has 0 aromatic heterocycles. The third-order valence-corrected chi connectivity index (χ3v) is 4.81. The molecular weight excluding hydrogens is 322 g/mol. The first kappa shape index (κ1) is 19.0.